The third-order valence-corrected chi connectivity index (χ3v) is 4.26. The molecule has 0 aliphatic carbocycles. The molecule has 2 heterocycles. The molecule has 0 saturated heterocycles. The Morgan fingerprint density at radius 2 is 1.94 bits per heavy atom. The normalized spacial score (nSPS) is 12.0. The van der Waals surface area contributed by atoms with E-state index in [-0.39, 0.29) is 40.3 Å². The Bertz CT molecular complexity index is 1210. The lowest BCUT2D eigenvalue weighted by Crippen LogP contribution is -2.12. The molecular formula is C18H11F6N5O2. The van der Waals surface area contributed by atoms with Crippen LogP contribution in [0.15, 0.2) is 40.8 Å². The van der Waals surface area contributed by atoms with Gasteiger partial charge in [0.25, 0.3) is 0 Å². The standard InChI is InChI=1S/C18H11F6N5O2/c19-15-8(1-3-12-10(15)6-14(30-12)16-26-28-29-27-16)7-25-9-2-4-13(31-17(20)21)11(5-9)18(22,23)24/h1-6,17,25H,7H2,(H,26,27,28,29). The number of tetrazole rings is 1. The van der Waals surface area contributed by atoms with Gasteiger partial charge in [-0.15, -0.1) is 10.2 Å². The summed E-state index contributed by atoms with van der Waals surface area (Å²) >= 11 is 0. The summed E-state index contributed by atoms with van der Waals surface area (Å²) in [6, 6.07) is 6.75. The molecule has 0 unspecified atom stereocenters. The monoisotopic (exact) mass is 443 g/mol. The van der Waals surface area contributed by atoms with E-state index in [1.54, 1.807) is 0 Å². The molecule has 0 radical (unpaired) electrons. The van der Waals surface area contributed by atoms with Crippen molar-refractivity contribution < 1.29 is 35.5 Å². The number of benzene rings is 2. The lowest BCUT2D eigenvalue weighted by Gasteiger charge is -2.15. The molecule has 2 aromatic carbocycles. The highest BCUT2D eigenvalue weighted by Crippen LogP contribution is 2.38. The predicted octanol–water partition coefficient (Wildman–Crippen LogP) is 4.98. The van der Waals surface area contributed by atoms with Gasteiger partial charge < -0.3 is 14.5 Å². The molecule has 0 aliphatic heterocycles. The van der Waals surface area contributed by atoms with Crippen LogP contribution in [0.1, 0.15) is 11.1 Å². The van der Waals surface area contributed by atoms with Crippen molar-refractivity contribution in [3.63, 3.8) is 0 Å². The van der Waals surface area contributed by atoms with Crippen LogP contribution >= 0.6 is 0 Å². The minimum Gasteiger partial charge on any atom is -0.452 e. The minimum atomic E-state index is -4.92. The van der Waals surface area contributed by atoms with Gasteiger partial charge in [0.05, 0.1) is 10.9 Å². The van der Waals surface area contributed by atoms with Gasteiger partial charge in [-0.3, -0.25) is 0 Å². The van der Waals surface area contributed by atoms with E-state index in [4.69, 9.17) is 4.42 Å². The molecule has 0 amide bonds. The highest BCUT2D eigenvalue weighted by atomic mass is 19.4. The van der Waals surface area contributed by atoms with E-state index in [0.29, 0.717) is 6.07 Å². The van der Waals surface area contributed by atoms with E-state index < -0.39 is 29.9 Å². The highest BCUT2D eigenvalue weighted by molar-refractivity contribution is 5.83. The molecule has 0 atom stereocenters. The number of halogens is 6. The summed E-state index contributed by atoms with van der Waals surface area (Å²) < 4.78 is 88.4. The number of anilines is 1. The van der Waals surface area contributed by atoms with E-state index in [1.165, 1.54) is 18.2 Å². The smallest absolute Gasteiger partial charge is 0.420 e. The number of hydrogen-bond donors (Lipinski definition) is 2. The average molecular weight is 443 g/mol. The van der Waals surface area contributed by atoms with Crippen LogP contribution in [0.5, 0.6) is 5.75 Å². The molecule has 4 rings (SSSR count). The number of nitrogens with zero attached hydrogens (tertiary/aromatic N) is 3. The molecular weight excluding hydrogens is 432 g/mol. The fraction of sp³-hybridized carbons (Fsp3) is 0.167. The first-order chi connectivity index (χ1) is 14.7. The molecule has 0 fully saturated rings. The van der Waals surface area contributed by atoms with Crippen molar-refractivity contribution in [1.82, 2.24) is 20.6 Å². The molecule has 0 aliphatic rings. The van der Waals surface area contributed by atoms with E-state index in [2.05, 4.69) is 30.7 Å². The summed E-state index contributed by atoms with van der Waals surface area (Å²) in [5, 5.41) is 15.9. The SMILES string of the molecule is Fc1c(CNc2ccc(OC(F)F)c(C(F)(F)F)c2)ccc2oc(-c3nn[nH]n3)cc12. The van der Waals surface area contributed by atoms with E-state index in [0.717, 1.165) is 12.1 Å². The Morgan fingerprint density at radius 3 is 2.61 bits per heavy atom. The summed E-state index contributed by atoms with van der Waals surface area (Å²) in [7, 11) is 0. The van der Waals surface area contributed by atoms with Gasteiger partial charge in [-0.05, 0) is 35.5 Å². The lowest BCUT2D eigenvalue weighted by molar-refractivity contribution is -0.141. The number of hydrogen-bond acceptors (Lipinski definition) is 6. The minimum absolute atomic E-state index is 0.0619. The van der Waals surface area contributed by atoms with E-state index in [1.807, 2.05) is 0 Å². The zero-order valence-corrected chi connectivity index (χ0v) is 15.2. The lowest BCUT2D eigenvalue weighted by atomic mass is 10.1. The number of H-pyrrole nitrogens is 1. The van der Waals surface area contributed by atoms with Gasteiger partial charge in [0, 0.05) is 17.8 Å². The first kappa shape index (κ1) is 20.5. The van der Waals surface area contributed by atoms with Crippen LogP contribution in [-0.4, -0.2) is 27.2 Å². The van der Waals surface area contributed by atoms with Crippen LogP contribution in [0.3, 0.4) is 0 Å². The molecule has 0 spiro atoms. The Labute approximate surface area is 169 Å². The van der Waals surface area contributed by atoms with E-state index >= 15 is 0 Å². The zero-order valence-electron chi connectivity index (χ0n) is 15.2. The summed E-state index contributed by atoms with van der Waals surface area (Å²) in [5.41, 5.74) is -1.09. The van der Waals surface area contributed by atoms with Crippen LogP contribution < -0.4 is 10.1 Å². The summed E-state index contributed by atoms with van der Waals surface area (Å²) in [6.07, 6.45) is -4.92. The maximum absolute atomic E-state index is 14.9. The van der Waals surface area contributed by atoms with Gasteiger partial charge in [0.1, 0.15) is 17.1 Å². The second-order valence-electron chi connectivity index (χ2n) is 6.24. The summed E-state index contributed by atoms with van der Waals surface area (Å²) in [6.45, 7) is -3.59. The highest BCUT2D eigenvalue weighted by Gasteiger charge is 2.35. The second-order valence-corrected chi connectivity index (χ2v) is 6.24. The first-order valence-corrected chi connectivity index (χ1v) is 8.57. The van der Waals surface area contributed by atoms with Crippen molar-refractivity contribution >= 4 is 16.7 Å². The van der Waals surface area contributed by atoms with Crippen molar-refractivity contribution in [2.45, 2.75) is 19.3 Å². The van der Waals surface area contributed by atoms with Gasteiger partial charge in [-0.1, -0.05) is 6.07 Å². The van der Waals surface area contributed by atoms with Crippen LogP contribution in [0.25, 0.3) is 22.6 Å². The molecule has 4 aromatic rings. The maximum atomic E-state index is 14.9. The second kappa shape index (κ2) is 7.81. The number of aromatic nitrogens is 4. The Morgan fingerprint density at radius 1 is 1.13 bits per heavy atom. The topological polar surface area (TPSA) is 88.9 Å². The van der Waals surface area contributed by atoms with E-state index in [9.17, 15) is 26.3 Å². The van der Waals surface area contributed by atoms with Crippen molar-refractivity contribution in [1.29, 1.82) is 0 Å². The molecule has 0 bridgehead atoms. The van der Waals surface area contributed by atoms with Crippen molar-refractivity contribution in [2.75, 3.05) is 5.32 Å². The Balaban J connectivity index is 1.58. The number of aromatic amines is 1. The average Bonchev–Trinajstić information content (AvgIpc) is 3.37. The van der Waals surface area contributed by atoms with Crippen molar-refractivity contribution in [3.05, 3.63) is 53.3 Å². The van der Waals surface area contributed by atoms with Gasteiger partial charge in [-0.2, -0.15) is 27.2 Å². The molecule has 2 N–H and O–H groups in total. The van der Waals surface area contributed by atoms with Crippen molar-refractivity contribution in [3.8, 4) is 17.3 Å². The largest absolute Gasteiger partial charge is 0.452 e. The van der Waals surface area contributed by atoms with Crippen molar-refractivity contribution in [2.24, 2.45) is 0 Å². The number of alkyl halides is 5. The number of nitrogens with one attached hydrogen (secondary N) is 2. The van der Waals surface area contributed by atoms with Gasteiger partial charge >= 0.3 is 12.8 Å². The zero-order chi connectivity index (χ0) is 22.2. The molecule has 0 saturated carbocycles. The first-order valence-electron chi connectivity index (χ1n) is 8.57. The Hall–Kier alpha value is -3.77. The third kappa shape index (κ3) is 4.25. The van der Waals surface area contributed by atoms with Crippen LogP contribution in [-0.2, 0) is 12.7 Å². The van der Waals surface area contributed by atoms with Crippen LogP contribution in [0, 0.1) is 5.82 Å². The molecule has 162 valence electrons. The number of furan rings is 1. The van der Waals surface area contributed by atoms with Crippen LogP contribution in [0.4, 0.5) is 32.0 Å². The summed E-state index contributed by atoms with van der Waals surface area (Å²) in [4.78, 5) is 0. The quantitative estimate of drug-likeness (QED) is 0.409. The number of fused-ring (bicyclic) bond motifs is 1. The summed E-state index contributed by atoms with van der Waals surface area (Å²) in [5.74, 6) is -1.36. The number of rotatable bonds is 6. The molecule has 13 heteroatoms. The fourth-order valence-corrected chi connectivity index (χ4v) is 2.89. The fourth-order valence-electron chi connectivity index (χ4n) is 2.89. The molecule has 31 heavy (non-hydrogen) atoms. The van der Waals surface area contributed by atoms with Crippen LogP contribution in [0.2, 0.25) is 0 Å². The third-order valence-electron chi connectivity index (χ3n) is 4.26. The molecule has 2 aromatic heterocycles. The maximum Gasteiger partial charge on any atom is 0.420 e. The Kier molecular flexibility index (Phi) is 5.17. The van der Waals surface area contributed by atoms with Gasteiger partial charge in [-0.25, -0.2) is 4.39 Å². The predicted molar refractivity (Wildman–Crippen MR) is 94.7 cm³/mol. The van der Waals surface area contributed by atoms with Gasteiger partial charge in [0.15, 0.2) is 5.76 Å². The van der Waals surface area contributed by atoms with Gasteiger partial charge in [0.2, 0.25) is 5.82 Å². The molecule has 7 nitrogen and oxygen atoms in total. The number of ether oxygens (including phenoxy) is 1.